The molecule has 0 aliphatic carbocycles. The summed E-state index contributed by atoms with van der Waals surface area (Å²) in [5, 5.41) is 9.31. The molecular formula is C27H26N6O. The smallest absolute Gasteiger partial charge is 0.253 e. The highest BCUT2D eigenvalue weighted by Crippen LogP contribution is 2.21. The molecule has 5 rings (SSSR count). The third kappa shape index (κ3) is 4.78. The second-order valence-corrected chi connectivity index (χ2v) is 7.76. The molecule has 0 spiro atoms. The summed E-state index contributed by atoms with van der Waals surface area (Å²) in [6.07, 6.45) is 6.76. The molecule has 7 nitrogen and oxygen atoms in total. The Bertz CT molecular complexity index is 1430. The molecule has 5 aromatic rings. The molecule has 34 heavy (non-hydrogen) atoms. The first kappa shape index (κ1) is 22.7. The van der Waals surface area contributed by atoms with Crippen LogP contribution in [0.3, 0.4) is 0 Å². The van der Waals surface area contributed by atoms with Gasteiger partial charge in [0.15, 0.2) is 0 Å². The van der Waals surface area contributed by atoms with Crippen molar-refractivity contribution in [1.82, 2.24) is 25.1 Å². The van der Waals surface area contributed by atoms with Gasteiger partial charge in [-0.25, -0.2) is 4.98 Å². The summed E-state index contributed by atoms with van der Waals surface area (Å²) < 4.78 is 1.91. The van der Waals surface area contributed by atoms with E-state index in [-0.39, 0.29) is 13.3 Å². The molecule has 0 unspecified atom stereocenters. The molecule has 3 aromatic heterocycles. The number of hydrogen-bond acceptors (Lipinski definition) is 5. The van der Waals surface area contributed by atoms with Crippen molar-refractivity contribution in [2.24, 2.45) is 0 Å². The number of benzene rings is 2. The van der Waals surface area contributed by atoms with E-state index in [0.29, 0.717) is 24.5 Å². The second-order valence-electron chi connectivity index (χ2n) is 7.76. The van der Waals surface area contributed by atoms with Gasteiger partial charge in [0.25, 0.3) is 5.91 Å². The Morgan fingerprint density at radius 2 is 1.79 bits per heavy atom. The van der Waals surface area contributed by atoms with E-state index < -0.39 is 0 Å². The van der Waals surface area contributed by atoms with Gasteiger partial charge in [0.05, 0.1) is 17.8 Å². The Labute approximate surface area is 198 Å². The molecular weight excluding hydrogens is 424 g/mol. The van der Waals surface area contributed by atoms with E-state index in [9.17, 15) is 4.79 Å². The highest BCUT2D eigenvalue weighted by molar-refractivity contribution is 5.95. The van der Waals surface area contributed by atoms with Gasteiger partial charge in [0.1, 0.15) is 5.82 Å². The van der Waals surface area contributed by atoms with E-state index in [1.807, 2.05) is 59.3 Å². The Morgan fingerprint density at radius 3 is 2.65 bits per heavy atom. The van der Waals surface area contributed by atoms with Crippen LogP contribution in [0.2, 0.25) is 0 Å². The minimum absolute atomic E-state index is 0. The third-order valence-electron chi connectivity index (χ3n) is 5.50. The average molecular weight is 451 g/mol. The fraction of sp³-hybridized carbons (Fsp3) is 0.111. The molecule has 3 N–H and O–H groups in total. The standard InChI is InChI=1S/C26H22N6O.CH4/c27-25-23-7-6-19(12-20(23)8-10-29-25)14-30-26(33)22-13-21(15-28-16-22)24-9-11-31-32(24)17-18-4-2-1-3-5-18;/h1-13,15-16H,14,17H2,(H2,27,29)(H,30,33);1H4. The van der Waals surface area contributed by atoms with Crippen LogP contribution in [-0.2, 0) is 13.1 Å². The van der Waals surface area contributed by atoms with Crippen LogP contribution in [0.25, 0.3) is 22.0 Å². The SMILES string of the molecule is C.Nc1nccc2cc(CNC(=O)c3cncc(-c4ccnn4Cc4ccccc4)c3)ccc12. The lowest BCUT2D eigenvalue weighted by molar-refractivity contribution is 0.0950. The van der Waals surface area contributed by atoms with E-state index in [0.717, 1.165) is 33.2 Å². The first-order valence-corrected chi connectivity index (χ1v) is 10.6. The summed E-state index contributed by atoms with van der Waals surface area (Å²) >= 11 is 0. The van der Waals surface area contributed by atoms with Crippen molar-refractivity contribution in [3.05, 3.63) is 108 Å². The molecule has 2 aromatic carbocycles. The maximum atomic E-state index is 12.8. The van der Waals surface area contributed by atoms with Gasteiger partial charge in [-0.15, -0.1) is 0 Å². The molecule has 170 valence electrons. The van der Waals surface area contributed by atoms with Crippen LogP contribution in [0.15, 0.2) is 91.5 Å². The average Bonchev–Trinajstić information content (AvgIpc) is 3.31. The van der Waals surface area contributed by atoms with Gasteiger partial charge in [-0.3, -0.25) is 14.5 Å². The molecule has 0 bridgehead atoms. The van der Waals surface area contributed by atoms with Crippen molar-refractivity contribution >= 4 is 22.5 Å². The molecule has 0 radical (unpaired) electrons. The van der Waals surface area contributed by atoms with Gasteiger partial charge >= 0.3 is 0 Å². The third-order valence-corrected chi connectivity index (χ3v) is 5.50. The highest BCUT2D eigenvalue weighted by atomic mass is 16.1. The zero-order valence-electron chi connectivity index (χ0n) is 17.8. The Hall–Kier alpha value is -4.52. The number of anilines is 1. The molecule has 0 atom stereocenters. The molecule has 0 fully saturated rings. The summed E-state index contributed by atoms with van der Waals surface area (Å²) in [4.78, 5) is 21.2. The van der Waals surface area contributed by atoms with Crippen molar-refractivity contribution in [2.45, 2.75) is 20.5 Å². The maximum absolute atomic E-state index is 12.8. The fourth-order valence-corrected chi connectivity index (χ4v) is 3.81. The van der Waals surface area contributed by atoms with Crippen LogP contribution in [0.4, 0.5) is 5.82 Å². The summed E-state index contributed by atoms with van der Waals surface area (Å²) in [6.45, 7) is 1.04. The summed E-state index contributed by atoms with van der Waals surface area (Å²) in [5.74, 6) is 0.310. The van der Waals surface area contributed by atoms with E-state index in [1.54, 1.807) is 24.8 Å². The van der Waals surface area contributed by atoms with Crippen molar-refractivity contribution in [2.75, 3.05) is 5.73 Å². The summed E-state index contributed by atoms with van der Waals surface area (Å²) in [7, 11) is 0. The number of nitrogen functional groups attached to an aromatic ring is 1. The second kappa shape index (κ2) is 9.95. The van der Waals surface area contributed by atoms with Gasteiger partial charge in [0.2, 0.25) is 0 Å². The van der Waals surface area contributed by atoms with Crippen molar-refractivity contribution < 1.29 is 4.79 Å². The van der Waals surface area contributed by atoms with Gasteiger partial charge in [-0.2, -0.15) is 5.10 Å². The normalized spacial score (nSPS) is 10.6. The Kier molecular flexibility index (Phi) is 6.64. The minimum Gasteiger partial charge on any atom is -0.383 e. The van der Waals surface area contributed by atoms with Gasteiger partial charge in [-0.05, 0) is 40.8 Å². The summed E-state index contributed by atoms with van der Waals surface area (Å²) in [5.41, 5.74) is 10.3. The minimum atomic E-state index is -0.187. The van der Waals surface area contributed by atoms with Crippen LogP contribution in [0.1, 0.15) is 28.9 Å². The topological polar surface area (TPSA) is 98.7 Å². The number of amides is 1. The van der Waals surface area contributed by atoms with Crippen LogP contribution >= 0.6 is 0 Å². The molecule has 7 heteroatoms. The zero-order valence-corrected chi connectivity index (χ0v) is 17.8. The number of nitrogens with zero attached hydrogens (tertiary/aromatic N) is 4. The fourth-order valence-electron chi connectivity index (χ4n) is 3.81. The van der Waals surface area contributed by atoms with Crippen LogP contribution < -0.4 is 11.1 Å². The highest BCUT2D eigenvalue weighted by Gasteiger charge is 2.12. The monoisotopic (exact) mass is 450 g/mol. The first-order valence-electron chi connectivity index (χ1n) is 10.6. The lowest BCUT2D eigenvalue weighted by Crippen LogP contribution is -2.23. The predicted octanol–water partition coefficient (Wildman–Crippen LogP) is 4.69. The molecule has 1 amide bonds. The molecule has 0 aliphatic heterocycles. The number of aromatic nitrogens is 4. The Morgan fingerprint density at radius 1 is 0.941 bits per heavy atom. The number of pyridine rings is 2. The lowest BCUT2D eigenvalue weighted by Gasteiger charge is -2.10. The van der Waals surface area contributed by atoms with Gasteiger partial charge in [0, 0.05) is 42.3 Å². The van der Waals surface area contributed by atoms with Crippen LogP contribution in [0, 0.1) is 0 Å². The number of nitrogens with two attached hydrogens (primary N) is 1. The van der Waals surface area contributed by atoms with E-state index >= 15 is 0 Å². The number of fused-ring (bicyclic) bond motifs is 1. The lowest BCUT2D eigenvalue weighted by atomic mass is 10.1. The number of rotatable bonds is 6. The number of carbonyl (C=O) groups excluding carboxylic acids is 1. The van der Waals surface area contributed by atoms with Gasteiger partial charge < -0.3 is 11.1 Å². The van der Waals surface area contributed by atoms with Crippen molar-refractivity contribution in [3.63, 3.8) is 0 Å². The van der Waals surface area contributed by atoms with Crippen molar-refractivity contribution in [1.29, 1.82) is 0 Å². The van der Waals surface area contributed by atoms with Crippen LogP contribution in [0.5, 0.6) is 0 Å². The Balaban J connectivity index is 0.00000274. The number of hydrogen-bond donors (Lipinski definition) is 2. The van der Waals surface area contributed by atoms with E-state index in [4.69, 9.17) is 5.73 Å². The van der Waals surface area contributed by atoms with Crippen molar-refractivity contribution in [3.8, 4) is 11.3 Å². The van der Waals surface area contributed by atoms with Gasteiger partial charge in [-0.1, -0.05) is 49.9 Å². The first-order chi connectivity index (χ1) is 16.2. The quantitative estimate of drug-likeness (QED) is 0.391. The maximum Gasteiger partial charge on any atom is 0.253 e. The van der Waals surface area contributed by atoms with Crippen LogP contribution in [-0.4, -0.2) is 25.7 Å². The molecule has 3 heterocycles. The molecule has 0 saturated carbocycles. The molecule has 0 aliphatic rings. The summed E-state index contributed by atoms with van der Waals surface area (Å²) in [6, 6.07) is 21.7. The molecule has 0 saturated heterocycles. The predicted molar refractivity (Wildman–Crippen MR) is 135 cm³/mol. The van der Waals surface area contributed by atoms with E-state index in [2.05, 4.69) is 32.5 Å². The van der Waals surface area contributed by atoms with E-state index in [1.165, 1.54) is 0 Å². The number of carbonyl (C=O) groups is 1. The zero-order chi connectivity index (χ0) is 22.6. The largest absolute Gasteiger partial charge is 0.383 e. The number of nitrogens with one attached hydrogen (secondary N) is 1.